The molecule has 2 aromatic rings. The highest BCUT2D eigenvalue weighted by molar-refractivity contribution is 6.21. The number of amides is 4. The topological polar surface area (TPSA) is 101 Å². The zero-order chi connectivity index (χ0) is 22.0. The first-order valence-electron chi connectivity index (χ1n) is 9.48. The van der Waals surface area contributed by atoms with Gasteiger partial charge in [-0.05, 0) is 43.2 Å². The lowest BCUT2D eigenvalue weighted by Gasteiger charge is -2.26. The van der Waals surface area contributed by atoms with Crippen LogP contribution in [0.3, 0.4) is 0 Å². The molecule has 0 fully saturated rings. The zero-order valence-electron chi connectivity index (χ0n) is 16.7. The third kappa shape index (κ3) is 4.07. The molecule has 1 heterocycles. The molecular weight excluding hydrogens is 389 g/mol. The van der Waals surface area contributed by atoms with Crippen LogP contribution in [-0.2, 0) is 9.59 Å². The largest absolute Gasteiger partial charge is 0.368 e. The van der Waals surface area contributed by atoms with Crippen LogP contribution in [0.2, 0.25) is 0 Å². The lowest BCUT2D eigenvalue weighted by molar-refractivity contribution is -0.138. The maximum absolute atomic E-state index is 13.5. The van der Waals surface area contributed by atoms with Gasteiger partial charge in [-0.15, -0.1) is 0 Å². The molecule has 7 nitrogen and oxygen atoms in total. The van der Waals surface area contributed by atoms with Crippen LogP contribution >= 0.6 is 0 Å². The molecule has 0 spiro atoms. The second-order valence-corrected chi connectivity index (χ2v) is 7.28. The van der Waals surface area contributed by atoms with E-state index in [-0.39, 0.29) is 36.8 Å². The van der Waals surface area contributed by atoms with Gasteiger partial charge in [0.15, 0.2) is 0 Å². The van der Waals surface area contributed by atoms with E-state index in [1.54, 1.807) is 18.2 Å². The quantitative estimate of drug-likeness (QED) is 0.706. The number of carbonyl (C=O) groups is 4. The van der Waals surface area contributed by atoms with E-state index in [0.717, 1.165) is 21.4 Å². The molecular formula is C22H22FN3O4. The minimum Gasteiger partial charge on any atom is -0.368 e. The minimum atomic E-state index is -1.12. The summed E-state index contributed by atoms with van der Waals surface area (Å²) in [6, 6.07) is 9.28. The SMILES string of the molecule is Cc1ccc2c(c1)C(=O)N(CCCC(=O)N(C)C(C(N)=O)c1cccc(F)c1)C2=O. The van der Waals surface area contributed by atoms with E-state index < -0.39 is 23.7 Å². The van der Waals surface area contributed by atoms with Crippen molar-refractivity contribution in [2.75, 3.05) is 13.6 Å². The van der Waals surface area contributed by atoms with Gasteiger partial charge in [0, 0.05) is 20.0 Å². The van der Waals surface area contributed by atoms with Crippen molar-refractivity contribution >= 4 is 23.6 Å². The first kappa shape index (κ1) is 21.2. The number of primary amides is 1. The summed E-state index contributed by atoms with van der Waals surface area (Å²) in [5.41, 5.74) is 7.30. The van der Waals surface area contributed by atoms with Gasteiger partial charge >= 0.3 is 0 Å². The number of benzene rings is 2. The number of likely N-dealkylation sites (N-methyl/N-ethyl adjacent to an activating group) is 1. The Hall–Kier alpha value is -3.55. The summed E-state index contributed by atoms with van der Waals surface area (Å²) >= 11 is 0. The molecule has 1 unspecified atom stereocenters. The summed E-state index contributed by atoms with van der Waals surface area (Å²) in [5, 5.41) is 0. The molecule has 4 amide bonds. The number of hydrogen-bond acceptors (Lipinski definition) is 4. The van der Waals surface area contributed by atoms with Crippen LogP contribution in [0.15, 0.2) is 42.5 Å². The van der Waals surface area contributed by atoms with Crippen molar-refractivity contribution < 1.29 is 23.6 Å². The summed E-state index contributed by atoms with van der Waals surface area (Å²) in [5.74, 6) is -2.50. The monoisotopic (exact) mass is 411 g/mol. The fourth-order valence-corrected chi connectivity index (χ4v) is 3.57. The number of nitrogens with zero attached hydrogens (tertiary/aromatic N) is 2. The number of imide groups is 1. The maximum atomic E-state index is 13.5. The molecule has 0 aromatic heterocycles. The van der Waals surface area contributed by atoms with Gasteiger partial charge in [0.1, 0.15) is 11.9 Å². The summed E-state index contributed by atoms with van der Waals surface area (Å²) in [4.78, 5) is 51.7. The van der Waals surface area contributed by atoms with Crippen molar-refractivity contribution in [2.24, 2.45) is 5.73 Å². The lowest BCUT2D eigenvalue weighted by atomic mass is 10.0. The lowest BCUT2D eigenvalue weighted by Crippen LogP contribution is -2.39. The van der Waals surface area contributed by atoms with Crippen LogP contribution in [0.5, 0.6) is 0 Å². The molecule has 0 saturated heterocycles. The van der Waals surface area contributed by atoms with E-state index in [4.69, 9.17) is 5.73 Å². The van der Waals surface area contributed by atoms with Gasteiger partial charge in [0.25, 0.3) is 11.8 Å². The number of rotatable bonds is 7. The van der Waals surface area contributed by atoms with Crippen LogP contribution in [-0.4, -0.2) is 47.0 Å². The van der Waals surface area contributed by atoms with Crippen molar-refractivity contribution in [1.29, 1.82) is 0 Å². The van der Waals surface area contributed by atoms with E-state index in [1.165, 1.54) is 25.2 Å². The van der Waals surface area contributed by atoms with Crippen LogP contribution in [0.25, 0.3) is 0 Å². The van der Waals surface area contributed by atoms with Gasteiger partial charge in [0.05, 0.1) is 11.1 Å². The molecule has 0 bridgehead atoms. The van der Waals surface area contributed by atoms with Crippen molar-refractivity contribution in [3.63, 3.8) is 0 Å². The summed E-state index contributed by atoms with van der Waals surface area (Å²) in [6.45, 7) is 1.91. The third-order valence-corrected chi connectivity index (χ3v) is 5.11. The predicted octanol–water partition coefficient (Wildman–Crippen LogP) is 2.20. The van der Waals surface area contributed by atoms with Gasteiger partial charge in [-0.25, -0.2) is 4.39 Å². The Balaban J connectivity index is 1.63. The molecule has 2 aromatic carbocycles. The Morgan fingerprint density at radius 1 is 1.10 bits per heavy atom. The van der Waals surface area contributed by atoms with E-state index >= 15 is 0 Å². The van der Waals surface area contributed by atoms with Crippen molar-refractivity contribution in [3.05, 3.63) is 70.5 Å². The highest BCUT2D eigenvalue weighted by atomic mass is 19.1. The van der Waals surface area contributed by atoms with Crippen molar-refractivity contribution in [3.8, 4) is 0 Å². The molecule has 1 aliphatic rings. The first-order chi connectivity index (χ1) is 14.2. The molecule has 156 valence electrons. The molecule has 0 saturated carbocycles. The van der Waals surface area contributed by atoms with Crippen molar-refractivity contribution in [2.45, 2.75) is 25.8 Å². The maximum Gasteiger partial charge on any atom is 0.261 e. The zero-order valence-corrected chi connectivity index (χ0v) is 16.7. The number of hydrogen-bond donors (Lipinski definition) is 1. The second-order valence-electron chi connectivity index (χ2n) is 7.28. The van der Waals surface area contributed by atoms with Gasteiger partial charge in [-0.3, -0.25) is 24.1 Å². The summed E-state index contributed by atoms with van der Waals surface area (Å²) in [6.07, 6.45) is 0.213. The Labute approximate surface area is 173 Å². The summed E-state index contributed by atoms with van der Waals surface area (Å²) in [7, 11) is 1.41. The van der Waals surface area contributed by atoms with Crippen LogP contribution < -0.4 is 5.73 Å². The van der Waals surface area contributed by atoms with Gasteiger partial charge in [-0.2, -0.15) is 0 Å². The number of fused-ring (bicyclic) bond motifs is 1. The van der Waals surface area contributed by atoms with Crippen LogP contribution in [0.4, 0.5) is 4.39 Å². The second kappa shape index (κ2) is 8.44. The number of carbonyl (C=O) groups excluding carboxylic acids is 4. The first-order valence-corrected chi connectivity index (χ1v) is 9.48. The number of halogens is 1. The Bertz CT molecular complexity index is 1040. The average molecular weight is 411 g/mol. The number of aryl methyl sites for hydroxylation is 1. The van der Waals surface area contributed by atoms with Gasteiger partial charge in [-0.1, -0.05) is 23.8 Å². The van der Waals surface area contributed by atoms with E-state index in [0.29, 0.717) is 11.1 Å². The van der Waals surface area contributed by atoms with Gasteiger partial charge < -0.3 is 10.6 Å². The standard InChI is InChI=1S/C22H22FN3O4/c1-13-8-9-16-17(11-13)22(30)26(21(16)29)10-4-7-18(27)25(2)19(20(24)28)14-5-3-6-15(23)12-14/h3,5-6,8-9,11-12,19H,4,7,10H2,1-2H3,(H2,24,28). The Morgan fingerprint density at radius 2 is 1.80 bits per heavy atom. The average Bonchev–Trinajstić information content (AvgIpc) is 2.92. The molecule has 8 heteroatoms. The molecule has 1 aliphatic heterocycles. The fourth-order valence-electron chi connectivity index (χ4n) is 3.57. The third-order valence-electron chi connectivity index (χ3n) is 5.11. The minimum absolute atomic E-state index is 0.0119. The summed E-state index contributed by atoms with van der Waals surface area (Å²) < 4.78 is 13.5. The highest BCUT2D eigenvalue weighted by Crippen LogP contribution is 2.25. The van der Waals surface area contributed by atoms with E-state index in [9.17, 15) is 23.6 Å². The fraction of sp³-hybridized carbons (Fsp3) is 0.273. The van der Waals surface area contributed by atoms with Crippen LogP contribution in [0.1, 0.15) is 50.7 Å². The van der Waals surface area contributed by atoms with Crippen LogP contribution in [0, 0.1) is 12.7 Å². The molecule has 0 aliphatic carbocycles. The van der Waals surface area contributed by atoms with E-state index in [1.807, 2.05) is 6.92 Å². The molecule has 30 heavy (non-hydrogen) atoms. The molecule has 0 radical (unpaired) electrons. The smallest absolute Gasteiger partial charge is 0.261 e. The molecule has 2 N–H and O–H groups in total. The Morgan fingerprint density at radius 3 is 2.47 bits per heavy atom. The van der Waals surface area contributed by atoms with Crippen molar-refractivity contribution in [1.82, 2.24) is 9.80 Å². The normalized spacial score (nSPS) is 13.9. The van der Waals surface area contributed by atoms with E-state index in [2.05, 4.69) is 0 Å². The molecule has 3 rings (SSSR count). The predicted molar refractivity (Wildman–Crippen MR) is 107 cm³/mol. The highest BCUT2D eigenvalue weighted by Gasteiger charge is 2.35. The number of nitrogens with two attached hydrogens (primary N) is 1. The molecule has 1 atom stereocenters. The Kier molecular flexibility index (Phi) is 5.96. The van der Waals surface area contributed by atoms with Gasteiger partial charge in [0.2, 0.25) is 11.8 Å².